The van der Waals surface area contributed by atoms with Crippen molar-refractivity contribution < 1.29 is 9.53 Å². The van der Waals surface area contributed by atoms with Gasteiger partial charge in [-0.3, -0.25) is 4.79 Å². The molecule has 2 rings (SSSR count). The summed E-state index contributed by atoms with van der Waals surface area (Å²) in [6.45, 7) is 5.13. The Bertz CT molecular complexity index is 471. The maximum atomic E-state index is 11.9. The van der Waals surface area contributed by atoms with Gasteiger partial charge in [-0.05, 0) is 26.0 Å². The van der Waals surface area contributed by atoms with Gasteiger partial charge in [0.05, 0.1) is 18.5 Å². The van der Waals surface area contributed by atoms with Gasteiger partial charge in [0.1, 0.15) is 11.3 Å². The smallest absolute Gasteiger partial charge is 0.245 e. The molecule has 5 heteroatoms. The van der Waals surface area contributed by atoms with Gasteiger partial charge in [0.25, 0.3) is 0 Å². The van der Waals surface area contributed by atoms with Gasteiger partial charge in [0.15, 0.2) is 0 Å². The second kappa shape index (κ2) is 4.40. The van der Waals surface area contributed by atoms with E-state index in [2.05, 4.69) is 5.32 Å². The van der Waals surface area contributed by atoms with Crippen molar-refractivity contribution in [2.75, 3.05) is 30.8 Å². The molecule has 1 aromatic rings. The van der Waals surface area contributed by atoms with E-state index in [-0.39, 0.29) is 5.91 Å². The molecule has 1 saturated heterocycles. The first-order chi connectivity index (χ1) is 8.48. The van der Waals surface area contributed by atoms with Gasteiger partial charge in [-0.1, -0.05) is 6.07 Å². The summed E-state index contributed by atoms with van der Waals surface area (Å²) >= 11 is 0. The Morgan fingerprint density at radius 1 is 1.44 bits per heavy atom. The fraction of sp³-hybridized carbons (Fsp3) is 0.462. The second-order valence-corrected chi connectivity index (χ2v) is 4.86. The highest BCUT2D eigenvalue weighted by atomic mass is 16.5. The predicted octanol–water partition coefficient (Wildman–Crippen LogP) is 0.992. The van der Waals surface area contributed by atoms with Gasteiger partial charge >= 0.3 is 0 Å². The summed E-state index contributed by atoms with van der Waals surface area (Å²) < 4.78 is 5.22. The van der Waals surface area contributed by atoms with Crippen LogP contribution < -0.4 is 20.7 Å². The molecular weight excluding hydrogens is 230 g/mol. The second-order valence-electron chi connectivity index (χ2n) is 4.86. The van der Waals surface area contributed by atoms with Crippen LogP contribution in [0, 0.1) is 0 Å². The number of nitrogen functional groups attached to an aromatic ring is 1. The van der Waals surface area contributed by atoms with Crippen molar-refractivity contribution in [3.05, 3.63) is 18.2 Å². The number of hydrogen-bond donors (Lipinski definition) is 2. The molecule has 1 fully saturated rings. The molecule has 98 valence electrons. The summed E-state index contributed by atoms with van der Waals surface area (Å²) in [4.78, 5) is 14.0. The van der Waals surface area contributed by atoms with E-state index in [0.717, 1.165) is 12.2 Å². The third-order valence-corrected chi connectivity index (χ3v) is 3.41. The SMILES string of the molecule is COc1cccc(N2CCNC(=O)C2(C)C)c1N. The monoisotopic (exact) mass is 249 g/mol. The lowest BCUT2D eigenvalue weighted by molar-refractivity contribution is -0.126. The summed E-state index contributed by atoms with van der Waals surface area (Å²) in [5.74, 6) is 0.644. The minimum absolute atomic E-state index is 0.0102. The van der Waals surface area contributed by atoms with Crippen LogP contribution >= 0.6 is 0 Å². The van der Waals surface area contributed by atoms with Crippen LogP contribution in [0.15, 0.2) is 18.2 Å². The summed E-state index contributed by atoms with van der Waals surface area (Å²) in [6.07, 6.45) is 0. The zero-order chi connectivity index (χ0) is 13.3. The maximum absolute atomic E-state index is 11.9. The highest BCUT2D eigenvalue weighted by molar-refractivity contribution is 5.92. The van der Waals surface area contributed by atoms with E-state index < -0.39 is 5.54 Å². The van der Waals surface area contributed by atoms with Gasteiger partial charge in [-0.2, -0.15) is 0 Å². The average Bonchev–Trinajstić information content (AvgIpc) is 2.34. The van der Waals surface area contributed by atoms with Crippen LogP contribution in [0.4, 0.5) is 11.4 Å². The number of methoxy groups -OCH3 is 1. The minimum atomic E-state index is -0.612. The van der Waals surface area contributed by atoms with Gasteiger partial charge in [0, 0.05) is 13.1 Å². The van der Waals surface area contributed by atoms with Crippen molar-refractivity contribution in [1.82, 2.24) is 5.32 Å². The van der Waals surface area contributed by atoms with E-state index in [9.17, 15) is 4.79 Å². The number of rotatable bonds is 2. The van der Waals surface area contributed by atoms with Crippen LogP contribution in [0.3, 0.4) is 0 Å². The molecule has 0 bridgehead atoms. The number of ether oxygens (including phenoxy) is 1. The molecule has 0 radical (unpaired) electrons. The van der Waals surface area contributed by atoms with Crippen molar-refractivity contribution in [3.63, 3.8) is 0 Å². The Hall–Kier alpha value is -1.91. The molecule has 1 heterocycles. The van der Waals surface area contributed by atoms with Gasteiger partial charge < -0.3 is 20.7 Å². The molecular formula is C13H19N3O2. The topological polar surface area (TPSA) is 67.6 Å². The maximum Gasteiger partial charge on any atom is 0.245 e. The largest absolute Gasteiger partial charge is 0.495 e. The van der Waals surface area contributed by atoms with Crippen LogP contribution in [-0.4, -0.2) is 31.6 Å². The van der Waals surface area contributed by atoms with Crippen molar-refractivity contribution in [2.24, 2.45) is 0 Å². The minimum Gasteiger partial charge on any atom is -0.495 e. The Labute approximate surface area is 107 Å². The predicted molar refractivity (Wildman–Crippen MR) is 71.8 cm³/mol. The number of hydrogen-bond acceptors (Lipinski definition) is 4. The number of amides is 1. The van der Waals surface area contributed by atoms with Gasteiger partial charge in [-0.15, -0.1) is 0 Å². The Kier molecular flexibility index (Phi) is 3.07. The van der Waals surface area contributed by atoms with E-state index in [1.165, 1.54) is 0 Å². The number of piperazine rings is 1. The van der Waals surface area contributed by atoms with Gasteiger partial charge in [-0.25, -0.2) is 0 Å². The van der Waals surface area contributed by atoms with E-state index in [1.807, 2.05) is 36.9 Å². The van der Waals surface area contributed by atoms with Crippen LogP contribution in [-0.2, 0) is 4.79 Å². The first-order valence-electron chi connectivity index (χ1n) is 5.97. The molecule has 1 aliphatic rings. The van der Waals surface area contributed by atoms with Crippen LogP contribution in [0.1, 0.15) is 13.8 Å². The van der Waals surface area contributed by atoms with Gasteiger partial charge in [0.2, 0.25) is 5.91 Å². The first kappa shape index (κ1) is 12.5. The third kappa shape index (κ3) is 1.85. The lowest BCUT2D eigenvalue weighted by atomic mass is 9.97. The Balaban J connectivity index is 2.45. The molecule has 1 amide bonds. The molecule has 0 unspecified atom stereocenters. The lowest BCUT2D eigenvalue weighted by Crippen LogP contribution is -2.62. The zero-order valence-electron chi connectivity index (χ0n) is 11.0. The van der Waals surface area contributed by atoms with Crippen LogP contribution in [0.2, 0.25) is 0 Å². The lowest BCUT2D eigenvalue weighted by Gasteiger charge is -2.43. The molecule has 0 spiro atoms. The van der Waals surface area contributed by atoms with E-state index in [0.29, 0.717) is 18.0 Å². The standard InChI is InChI=1S/C13H19N3O2/c1-13(2)12(17)15-7-8-16(13)9-5-4-6-10(18-3)11(9)14/h4-6H,7-8,14H2,1-3H3,(H,15,17). The summed E-state index contributed by atoms with van der Waals surface area (Å²) in [6, 6.07) is 5.61. The number of nitrogens with two attached hydrogens (primary N) is 1. The summed E-state index contributed by atoms with van der Waals surface area (Å²) in [7, 11) is 1.59. The number of nitrogens with one attached hydrogen (secondary N) is 1. The number of benzene rings is 1. The van der Waals surface area contributed by atoms with Crippen molar-refractivity contribution in [3.8, 4) is 5.75 Å². The molecule has 1 aliphatic heterocycles. The fourth-order valence-corrected chi connectivity index (χ4v) is 2.27. The molecule has 5 nitrogen and oxygen atoms in total. The number of nitrogens with zero attached hydrogens (tertiary/aromatic N) is 1. The van der Waals surface area contributed by atoms with Crippen molar-refractivity contribution in [1.29, 1.82) is 0 Å². The molecule has 0 aromatic heterocycles. The molecule has 1 aromatic carbocycles. The third-order valence-electron chi connectivity index (χ3n) is 3.41. The van der Waals surface area contributed by atoms with Crippen molar-refractivity contribution >= 4 is 17.3 Å². The Morgan fingerprint density at radius 3 is 2.83 bits per heavy atom. The first-order valence-corrected chi connectivity index (χ1v) is 5.97. The van der Waals surface area contributed by atoms with Crippen molar-refractivity contribution in [2.45, 2.75) is 19.4 Å². The number of carbonyl (C=O) groups excluding carboxylic acids is 1. The van der Waals surface area contributed by atoms with Crippen LogP contribution in [0.5, 0.6) is 5.75 Å². The highest BCUT2D eigenvalue weighted by Crippen LogP contribution is 2.36. The van der Waals surface area contributed by atoms with E-state index >= 15 is 0 Å². The quantitative estimate of drug-likeness (QED) is 0.767. The zero-order valence-corrected chi connectivity index (χ0v) is 11.0. The molecule has 18 heavy (non-hydrogen) atoms. The number of carbonyl (C=O) groups is 1. The van der Waals surface area contributed by atoms with E-state index in [1.54, 1.807) is 7.11 Å². The molecule has 0 saturated carbocycles. The fourth-order valence-electron chi connectivity index (χ4n) is 2.27. The summed E-state index contributed by atoms with van der Waals surface area (Å²) in [5.41, 5.74) is 6.89. The molecule has 0 aliphatic carbocycles. The number of anilines is 2. The molecule has 3 N–H and O–H groups in total. The average molecular weight is 249 g/mol. The number of para-hydroxylation sites is 1. The normalized spacial score (nSPS) is 18.4. The molecule has 0 atom stereocenters. The van der Waals surface area contributed by atoms with E-state index in [4.69, 9.17) is 10.5 Å². The van der Waals surface area contributed by atoms with Crippen LogP contribution in [0.25, 0.3) is 0 Å². The highest BCUT2D eigenvalue weighted by Gasteiger charge is 2.38. The Morgan fingerprint density at radius 2 is 2.17 bits per heavy atom. The summed E-state index contributed by atoms with van der Waals surface area (Å²) in [5, 5.41) is 2.87.